The number of hydrogen-bond acceptors (Lipinski definition) is 4. The number of ether oxygens (including phenoxy) is 2. The Kier molecular flexibility index (Phi) is 9.04. The van der Waals surface area contributed by atoms with Crippen molar-refractivity contribution in [2.45, 2.75) is 45.3 Å². The molecule has 6 nitrogen and oxygen atoms in total. The number of hydrogen-bond donors (Lipinski definition) is 2. The highest BCUT2D eigenvalue weighted by atomic mass is 35.5. The number of halogens is 1. The van der Waals surface area contributed by atoms with E-state index in [9.17, 15) is 9.59 Å². The van der Waals surface area contributed by atoms with E-state index in [0.717, 1.165) is 19.4 Å². The highest BCUT2D eigenvalue weighted by Gasteiger charge is 2.25. The van der Waals surface area contributed by atoms with Gasteiger partial charge in [-0.25, -0.2) is 0 Å². The van der Waals surface area contributed by atoms with Crippen LogP contribution in [0, 0.1) is 5.92 Å². The normalized spacial score (nSPS) is 17.7. The lowest BCUT2D eigenvalue weighted by Gasteiger charge is -2.22. The molecule has 27 heavy (non-hydrogen) atoms. The standard InChI is InChI=1S/C20H29ClN2O4/c1-14(2)18(23-19(24)16-8-3-4-9-17(16)21)20(25)22-10-6-11-26-13-15-7-5-12-27-15/h3-4,8-9,14-15,18H,5-7,10-13H2,1-2H3,(H,22,25)(H,23,24). The van der Waals surface area contributed by atoms with Gasteiger partial charge in [0.25, 0.3) is 5.91 Å². The fourth-order valence-corrected chi connectivity index (χ4v) is 3.11. The van der Waals surface area contributed by atoms with Crippen molar-refractivity contribution < 1.29 is 19.1 Å². The van der Waals surface area contributed by atoms with Crippen molar-refractivity contribution in [1.82, 2.24) is 10.6 Å². The van der Waals surface area contributed by atoms with Crippen molar-refractivity contribution >= 4 is 23.4 Å². The third-order valence-electron chi connectivity index (χ3n) is 4.45. The molecule has 0 aromatic heterocycles. The molecule has 0 aliphatic carbocycles. The van der Waals surface area contributed by atoms with Crippen molar-refractivity contribution in [1.29, 1.82) is 0 Å². The van der Waals surface area contributed by atoms with Gasteiger partial charge in [-0.3, -0.25) is 9.59 Å². The molecule has 0 spiro atoms. The second kappa shape index (κ2) is 11.3. The molecule has 1 aliphatic rings. The molecular weight excluding hydrogens is 368 g/mol. The Balaban J connectivity index is 1.72. The van der Waals surface area contributed by atoms with Crippen LogP contribution in [-0.2, 0) is 14.3 Å². The predicted molar refractivity (Wildman–Crippen MR) is 105 cm³/mol. The summed E-state index contributed by atoms with van der Waals surface area (Å²) in [4.78, 5) is 24.9. The first-order chi connectivity index (χ1) is 13.0. The smallest absolute Gasteiger partial charge is 0.253 e. The Hall–Kier alpha value is -1.63. The Bertz CT molecular complexity index is 618. The van der Waals surface area contributed by atoms with E-state index in [2.05, 4.69) is 10.6 Å². The monoisotopic (exact) mass is 396 g/mol. The molecule has 2 atom stereocenters. The van der Waals surface area contributed by atoms with Gasteiger partial charge >= 0.3 is 0 Å². The molecule has 2 rings (SSSR count). The maximum Gasteiger partial charge on any atom is 0.253 e. The van der Waals surface area contributed by atoms with Gasteiger partial charge in [-0.2, -0.15) is 0 Å². The van der Waals surface area contributed by atoms with Gasteiger partial charge in [0.2, 0.25) is 5.91 Å². The van der Waals surface area contributed by atoms with Crippen LogP contribution in [0.3, 0.4) is 0 Å². The van der Waals surface area contributed by atoms with E-state index in [4.69, 9.17) is 21.1 Å². The van der Waals surface area contributed by atoms with Crippen LogP contribution in [0.25, 0.3) is 0 Å². The summed E-state index contributed by atoms with van der Waals surface area (Å²) in [5, 5.41) is 6.01. The van der Waals surface area contributed by atoms with E-state index in [1.165, 1.54) is 0 Å². The van der Waals surface area contributed by atoms with Gasteiger partial charge in [-0.15, -0.1) is 0 Å². The van der Waals surface area contributed by atoms with Crippen LogP contribution in [0.15, 0.2) is 24.3 Å². The quantitative estimate of drug-likeness (QED) is 0.596. The third kappa shape index (κ3) is 7.13. The summed E-state index contributed by atoms with van der Waals surface area (Å²) in [5.74, 6) is -0.605. The van der Waals surface area contributed by atoms with Crippen molar-refractivity contribution in [2.24, 2.45) is 5.92 Å². The van der Waals surface area contributed by atoms with Gasteiger partial charge in [-0.05, 0) is 37.3 Å². The molecule has 2 N–H and O–H groups in total. The molecule has 0 saturated carbocycles. The summed E-state index contributed by atoms with van der Waals surface area (Å²) < 4.78 is 11.1. The van der Waals surface area contributed by atoms with Gasteiger partial charge in [0.1, 0.15) is 6.04 Å². The number of rotatable bonds is 10. The molecule has 150 valence electrons. The van der Waals surface area contributed by atoms with Gasteiger partial charge in [0.15, 0.2) is 0 Å². The van der Waals surface area contributed by atoms with Gasteiger partial charge < -0.3 is 20.1 Å². The molecule has 1 aromatic rings. The minimum absolute atomic E-state index is 0.0489. The number of carbonyl (C=O) groups excluding carboxylic acids is 2. The summed E-state index contributed by atoms with van der Waals surface area (Å²) in [5.41, 5.74) is 0.361. The minimum atomic E-state index is -0.624. The fraction of sp³-hybridized carbons (Fsp3) is 0.600. The molecule has 1 fully saturated rings. The predicted octanol–water partition coefficient (Wildman–Crippen LogP) is 2.80. The van der Waals surface area contributed by atoms with Crippen molar-refractivity contribution in [3.05, 3.63) is 34.9 Å². The minimum Gasteiger partial charge on any atom is -0.379 e. The summed E-state index contributed by atoms with van der Waals surface area (Å²) >= 11 is 6.06. The first-order valence-electron chi connectivity index (χ1n) is 9.51. The Labute approximate surface area is 165 Å². The number of amides is 2. The molecule has 2 amide bonds. The zero-order valence-corrected chi connectivity index (χ0v) is 16.8. The Morgan fingerprint density at radius 3 is 2.78 bits per heavy atom. The molecule has 1 aliphatic heterocycles. The van der Waals surface area contributed by atoms with Crippen LogP contribution in [-0.4, -0.2) is 50.3 Å². The highest BCUT2D eigenvalue weighted by Crippen LogP contribution is 2.15. The number of benzene rings is 1. The van der Waals surface area contributed by atoms with Crippen molar-refractivity contribution in [3.63, 3.8) is 0 Å². The van der Waals surface area contributed by atoms with E-state index in [1.54, 1.807) is 24.3 Å². The molecule has 2 unspecified atom stereocenters. The molecule has 7 heteroatoms. The first-order valence-corrected chi connectivity index (χ1v) is 9.89. The van der Waals surface area contributed by atoms with Gasteiger partial charge in [0, 0.05) is 19.8 Å². The Morgan fingerprint density at radius 2 is 2.11 bits per heavy atom. The van der Waals surface area contributed by atoms with E-state index in [1.807, 2.05) is 13.8 Å². The average Bonchev–Trinajstić information content (AvgIpc) is 3.15. The molecular formula is C20H29ClN2O4. The second-order valence-electron chi connectivity index (χ2n) is 7.03. The van der Waals surface area contributed by atoms with Crippen molar-refractivity contribution in [3.8, 4) is 0 Å². The van der Waals surface area contributed by atoms with Gasteiger partial charge in [-0.1, -0.05) is 37.6 Å². The van der Waals surface area contributed by atoms with E-state index < -0.39 is 6.04 Å². The molecule has 0 radical (unpaired) electrons. The zero-order valence-electron chi connectivity index (χ0n) is 16.0. The summed E-state index contributed by atoms with van der Waals surface area (Å²) in [7, 11) is 0. The lowest BCUT2D eigenvalue weighted by Crippen LogP contribution is -2.50. The summed E-state index contributed by atoms with van der Waals surface area (Å²) in [6, 6.07) is 6.16. The summed E-state index contributed by atoms with van der Waals surface area (Å²) in [6.07, 6.45) is 3.07. The molecule has 0 bridgehead atoms. The van der Waals surface area contributed by atoms with Gasteiger partial charge in [0.05, 0.1) is 23.3 Å². The van der Waals surface area contributed by atoms with Crippen LogP contribution in [0.1, 0.15) is 43.5 Å². The maximum absolute atomic E-state index is 12.5. The third-order valence-corrected chi connectivity index (χ3v) is 4.78. The van der Waals surface area contributed by atoms with E-state index >= 15 is 0 Å². The van der Waals surface area contributed by atoms with Crippen LogP contribution in [0.2, 0.25) is 5.02 Å². The van der Waals surface area contributed by atoms with E-state index in [0.29, 0.717) is 36.8 Å². The first kappa shape index (κ1) is 21.7. The van der Waals surface area contributed by atoms with E-state index in [-0.39, 0.29) is 23.8 Å². The molecule has 1 saturated heterocycles. The van der Waals surface area contributed by atoms with Crippen LogP contribution in [0.4, 0.5) is 0 Å². The molecule has 1 heterocycles. The summed E-state index contributed by atoms with van der Waals surface area (Å²) in [6.45, 7) is 6.27. The highest BCUT2D eigenvalue weighted by molar-refractivity contribution is 6.33. The second-order valence-corrected chi connectivity index (χ2v) is 7.44. The SMILES string of the molecule is CC(C)C(NC(=O)c1ccccc1Cl)C(=O)NCCCOCC1CCCO1. The fourth-order valence-electron chi connectivity index (χ4n) is 2.89. The Morgan fingerprint density at radius 1 is 1.33 bits per heavy atom. The van der Waals surface area contributed by atoms with Crippen LogP contribution >= 0.6 is 11.6 Å². The van der Waals surface area contributed by atoms with Crippen LogP contribution in [0.5, 0.6) is 0 Å². The topological polar surface area (TPSA) is 76.7 Å². The number of nitrogens with one attached hydrogen (secondary N) is 2. The lowest BCUT2D eigenvalue weighted by atomic mass is 10.0. The number of carbonyl (C=O) groups is 2. The maximum atomic E-state index is 12.5. The molecule has 1 aromatic carbocycles. The largest absolute Gasteiger partial charge is 0.379 e. The average molecular weight is 397 g/mol. The van der Waals surface area contributed by atoms with Crippen LogP contribution < -0.4 is 10.6 Å². The lowest BCUT2D eigenvalue weighted by molar-refractivity contribution is -0.124. The zero-order chi connectivity index (χ0) is 19.6. The van der Waals surface area contributed by atoms with Crippen molar-refractivity contribution in [2.75, 3.05) is 26.4 Å².